The van der Waals surface area contributed by atoms with Crippen LogP contribution in [0.2, 0.25) is 0 Å². The normalized spacial score (nSPS) is 12.2. The van der Waals surface area contributed by atoms with Gasteiger partial charge in [0.15, 0.2) is 0 Å². The van der Waals surface area contributed by atoms with Gasteiger partial charge in [-0.1, -0.05) is 13.8 Å². The number of nitrogens with one attached hydrogen (secondary N) is 1. The Kier molecular flexibility index (Phi) is 3.97. The third-order valence-electron chi connectivity index (χ3n) is 2.19. The minimum atomic E-state index is -0.986. The Labute approximate surface area is 97.6 Å². The predicted molar refractivity (Wildman–Crippen MR) is 60.8 cm³/mol. The molecule has 0 aromatic carbocycles. The fourth-order valence-electron chi connectivity index (χ4n) is 1.25. The number of aliphatic carboxylic acids is 1. The first-order valence-corrected chi connectivity index (χ1v) is 5.01. The van der Waals surface area contributed by atoms with Gasteiger partial charge in [0, 0.05) is 6.07 Å². The van der Waals surface area contributed by atoms with Crippen LogP contribution < -0.4 is 5.32 Å². The van der Waals surface area contributed by atoms with Crippen LogP contribution in [0, 0.1) is 16.0 Å². The lowest BCUT2D eigenvalue weighted by molar-refractivity contribution is -0.385. The molecule has 0 amide bonds. The SMILES string of the molecule is CC(C)[C@H](Nc1ccc([N+](=O)[O-])cn1)C(=O)O. The van der Waals surface area contributed by atoms with Gasteiger partial charge in [0.05, 0.1) is 4.92 Å². The fraction of sp³-hybridized carbons (Fsp3) is 0.400. The number of carboxylic acids is 1. The molecule has 0 saturated heterocycles. The van der Waals surface area contributed by atoms with Crippen molar-refractivity contribution in [2.24, 2.45) is 5.92 Å². The van der Waals surface area contributed by atoms with E-state index in [1.54, 1.807) is 13.8 Å². The number of anilines is 1. The summed E-state index contributed by atoms with van der Waals surface area (Å²) in [5, 5.41) is 22.1. The van der Waals surface area contributed by atoms with Crippen LogP contribution in [-0.4, -0.2) is 27.0 Å². The largest absolute Gasteiger partial charge is 0.480 e. The summed E-state index contributed by atoms with van der Waals surface area (Å²) < 4.78 is 0. The number of carbonyl (C=O) groups is 1. The molecule has 7 heteroatoms. The summed E-state index contributed by atoms with van der Waals surface area (Å²) in [5.74, 6) is -0.804. The molecule has 1 rings (SSSR count). The highest BCUT2D eigenvalue weighted by molar-refractivity contribution is 5.77. The summed E-state index contributed by atoms with van der Waals surface area (Å²) in [6, 6.07) is 1.88. The van der Waals surface area contributed by atoms with Crippen molar-refractivity contribution >= 4 is 17.5 Å². The third-order valence-corrected chi connectivity index (χ3v) is 2.19. The van der Waals surface area contributed by atoms with Crippen molar-refractivity contribution in [2.75, 3.05) is 5.32 Å². The zero-order valence-electron chi connectivity index (χ0n) is 9.45. The number of rotatable bonds is 5. The van der Waals surface area contributed by atoms with E-state index in [-0.39, 0.29) is 11.6 Å². The van der Waals surface area contributed by atoms with Crippen LogP contribution >= 0.6 is 0 Å². The van der Waals surface area contributed by atoms with Gasteiger partial charge in [0.1, 0.15) is 18.1 Å². The van der Waals surface area contributed by atoms with Crippen molar-refractivity contribution in [3.63, 3.8) is 0 Å². The third kappa shape index (κ3) is 3.40. The predicted octanol–water partition coefficient (Wildman–Crippen LogP) is 1.51. The molecule has 1 aromatic heterocycles. The van der Waals surface area contributed by atoms with Gasteiger partial charge in [-0.15, -0.1) is 0 Å². The Morgan fingerprint density at radius 3 is 2.53 bits per heavy atom. The summed E-state index contributed by atoms with van der Waals surface area (Å²) in [5.41, 5.74) is -0.132. The Morgan fingerprint density at radius 2 is 2.18 bits per heavy atom. The molecule has 0 saturated carbocycles. The molecule has 7 nitrogen and oxygen atoms in total. The Bertz CT molecular complexity index is 416. The van der Waals surface area contributed by atoms with Crippen LogP contribution in [0.5, 0.6) is 0 Å². The number of nitrogens with zero attached hydrogens (tertiary/aromatic N) is 2. The molecule has 0 fully saturated rings. The molecule has 2 N–H and O–H groups in total. The van der Waals surface area contributed by atoms with Gasteiger partial charge >= 0.3 is 5.97 Å². The van der Waals surface area contributed by atoms with E-state index < -0.39 is 16.9 Å². The Hall–Kier alpha value is -2.18. The lowest BCUT2D eigenvalue weighted by Crippen LogP contribution is -2.34. The minimum Gasteiger partial charge on any atom is -0.480 e. The van der Waals surface area contributed by atoms with Crippen LogP contribution in [0.3, 0.4) is 0 Å². The van der Waals surface area contributed by atoms with Gasteiger partial charge in [0.25, 0.3) is 5.69 Å². The summed E-state index contributed by atoms with van der Waals surface area (Å²) in [6.07, 6.45) is 1.08. The zero-order valence-corrected chi connectivity index (χ0v) is 9.45. The maximum atomic E-state index is 10.9. The van der Waals surface area contributed by atoms with Gasteiger partial charge in [-0.25, -0.2) is 9.78 Å². The first-order valence-electron chi connectivity index (χ1n) is 5.01. The average molecular weight is 239 g/mol. The zero-order chi connectivity index (χ0) is 13.0. The van der Waals surface area contributed by atoms with Gasteiger partial charge in [-0.05, 0) is 12.0 Å². The van der Waals surface area contributed by atoms with E-state index in [2.05, 4.69) is 10.3 Å². The molecule has 0 aliphatic rings. The topological polar surface area (TPSA) is 105 Å². The molecule has 0 unspecified atom stereocenters. The molecule has 1 aromatic rings. The smallest absolute Gasteiger partial charge is 0.326 e. The molecular weight excluding hydrogens is 226 g/mol. The van der Waals surface area contributed by atoms with Gasteiger partial charge < -0.3 is 10.4 Å². The number of hydrogen-bond donors (Lipinski definition) is 2. The molecule has 0 aliphatic carbocycles. The van der Waals surface area contributed by atoms with Crippen LogP contribution in [0.1, 0.15) is 13.8 Å². The van der Waals surface area contributed by atoms with Crippen LogP contribution in [0.25, 0.3) is 0 Å². The molecule has 92 valence electrons. The highest BCUT2D eigenvalue weighted by Crippen LogP contribution is 2.14. The molecular formula is C10H13N3O4. The van der Waals surface area contributed by atoms with E-state index in [0.29, 0.717) is 5.82 Å². The highest BCUT2D eigenvalue weighted by atomic mass is 16.6. The fourth-order valence-corrected chi connectivity index (χ4v) is 1.25. The number of aromatic nitrogens is 1. The molecule has 0 aliphatic heterocycles. The first kappa shape index (κ1) is 12.9. The number of hydrogen-bond acceptors (Lipinski definition) is 5. The van der Waals surface area contributed by atoms with E-state index in [1.807, 2.05) is 0 Å². The second-order valence-electron chi connectivity index (χ2n) is 3.86. The summed E-state index contributed by atoms with van der Waals surface area (Å²) in [7, 11) is 0. The van der Waals surface area contributed by atoms with Crippen molar-refractivity contribution in [2.45, 2.75) is 19.9 Å². The molecule has 0 radical (unpaired) electrons. The molecule has 0 spiro atoms. The van der Waals surface area contributed by atoms with E-state index in [1.165, 1.54) is 12.1 Å². The summed E-state index contributed by atoms with van der Waals surface area (Å²) >= 11 is 0. The first-order chi connectivity index (χ1) is 7.91. The van der Waals surface area contributed by atoms with Crippen molar-refractivity contribution in [3.8, 4) is 0 Å². The van der Waals surface area contributed by atoms with Gasteiger partial charge in [0.2, 0.25) is 0 Å². The van der Waals surface area contributed by atoms with Crippen molar-refractivity contribution in [1.82, 2.24) is 4.98 Å². The minimum absolute atomic E-state index is 0.121. The van der Waals surface area contributed by atoms with Gasteiger partial charge in [-0.3, -0.25) is 10.1 Å². The van der Waals surface area contributed by atoms with E-state index in [4.69, 9.17) is 5.11 Å². The lowest BCUT2D eigenvalue weighted by Gasteiger charge is -2.18. The van der Waals surface area contributed by atoms with E-state index in [9.17, 15) is 14.9 Å². The molecule has 1 atom stereocenters. The number of nitro groups is 1. The van der Waals surface area contributed by atoms with E-state index in [0.717, 1.165) is 6.20 Å². The second-order valence-corrected chi connectivity index (χ2v) is 3.86. The van der Waals surface area contributed by atoms with Crippen LogP contribution in [0.4, 0.5) is 11.5 Å². The highest BCUT2D eigenvalue weighted by Gasteiger charge is 2.21. The lowest BCUT2D eigenvalue weighted by atomic mass is 10.1. The monoisotopic (exact) mass is 239 g/mol. The van der Waals surface area contributed by atoms with Crippen molar-refractivity contribution in [1.29, 1.82) is 0 Å². The second kappa shape index (κ2) is 5.24. The Morgan fingerprint density at radius 1 is 1.53 bits per heavy atom. The Balaban J connectivity index is 2.80. The number of pyridine rings is 1. The maximum Gasteiger partial charge on any atom is 0.326 e. The van der Waals surface area contributed by atoms with Crippen LogP contribution in [0.15, 0.2) is 18.3 Å². The number of carboxylic acid groups (broad SMARTS) is 1. The summed E-state index contributed by atoms with van der Waals surface area (Å²) in [4.78, 5) is 24.6. The van der Waals surface area contributed by atoms with E-state index >= 15 is 0 Å². The van der Waals surface area contributed by atoms with Crippen molar-refractivity contribution in [3.05, 3.63) is 28.4 Å². The quantitative estimate of drug-likeness (QED) is 0.596. The van der Waals surface area contributed by atoms with Gasteiger partial charge in [-0.2, -0.15) is 0 Å². The molecule has 17 heavy (non-hydrogen) atoms. The molecule has 1 heterocycles. The summed E-state index contributed by atoms with van der Waals surface area (Å²) in [6.45, 7) is 3.52. The average Bonchev–Trinajstić information content (AvgIpc) is 2.25. The molecule has 0 bridgehead atoms. The van der Waals surface area contributed by atoms with Crippen molar-refractivity contribution < 1.29 is 14.8 Å². The standard InChI is InChI=1S/C10H13N3O4/c1-6(2)9(10(14)15)12-8-4-3-7(5-11-8)13(16)17/h3-6,9H,1-2H3,(H,11,12)(H,14,15)/t9-/m0/s1. The van der Waals surface area contributed by atoms with Crippen LogP contribution in [-0.2, 0) is 4.79 Å². The maximum absolute atomic E-state index is 10.9.